The van der Waals surface area contributed by atoms with Crippen molar-refractivity contribution in [3.8, 4) is 0 Å². The largest absolute Gasteiger partial charge is 0.326 e. The van der Waals surface area contributed by atoms with E-state index in [2.05, 4.69) is 5.32 Å². The number of nitrogens with zero attached hydrogens (tertiary/aromatic N) is 3. The predicted molar refractivity (Wildman–Crippen MR) is 100 cm³/mol. The fraction of sp³-hybridized carbons (Fsp3) is 0.556. The van der Waals surface area contributed by atoms with Gasteiger partial charge in [0, 0.05) is 26.2 Å². The van der Waals surface area contributed by atoms with Crippen LogP contribution in [0, 0.1) is 6.92 Å². The molecule has 0 saturated carbocycles. The monoisotopic (exact) mass is 394 g/mol. The minimum atomic E-state index is -3.52. The molecule has 2 aliphatic rings. The van der Waals surface area contributed by atoms with Crippen molar-refractivity contribution < 1.29 is 18.0 Å². The molecule has 2 aliphatic heterocycles. The number of benzene rings is 1. The molecule has 1 atom stereocenters. The van der Waals surface area contributed by atoms with Crippen LogP contribution in [0.15, 0.2) is 29.2 Å². The molecule has 3 amide bonds. The van der Waals surface area contributed by atoms with Gasteiger partial charge in [-0.1, -0.05) is 31.0 Å². The van der Waals surface area contributed by atoms with Crippen LogP contribution in [0.2, 0.25) is 0 Å². The molecule has 0 spiro atoms. The van der Waals surface area contributed by atoms with Crippen molar-refractivity contribution in [3.63, 3.8) is 0 Å². The highest BCUT2D eigenvalue weighted by Crippen LogP contribution is 2.19. The van der Waals surface area contributed by atoms with E-state index in [-0.39, 0.29) is 23.5 Å². The maximum atomic E-state index is 12.7. The molecule has 2 fully saturated rings. The van der Waals surface area contributed by atoms with Gasteiger partial charge in [-0.2, -0.15) is 4.31 Å². The van der Waals surface area contributed by atoms with Gasteiger partial charge >= 0.3 is 6.03 Å². The summed E-state index contributed by atoms with van der Waals surface area (Å²) in [6.07, 6.45) is 1.45. The molecule has 148 valence electrons. The van der Waals surface area contributed by atoms with Crippen molar-refractivity contribution in [1.82, 2.24) is 19.4 Å². The Bertz CT molecular complexity index is 801. The zero-order valence-electron chi connectivity index (χ0n) is 15.7. The summed E-state index contributed by atoms with van der Waals surface area (Å²) in [7, 11) is -3.52. The van der Waals surface area contributed by atoms with Gasteiger partial charge in [0.15, 0.2) is 0 Å². The molecule has 0 aromatic heterocycles. The Labute approximate surface area is 160 Å². The lowest BCUT2D eigenvalue weighted by molar-refractivity contribution is -0.129. The molecular weight excluding hydrogens is 368 g/mol. The van der Waals surface area contributed by atoms with Gasteiger partial charge in [0.2, 0.25) is 10.0 Å². The van der Waals surface area contributed by atoms with E-state index in [1.54, 1.807) is 24.3 Å². The number of nitrogens with one attached hydrogen (secondary N) is 1. The number of piperazine rings is 1. The number of aryl methyl sites for hydroxylation is 1. The molecule has 0 bridgehead atoms. The minimum absolute atomic E-state index is 0.198. The number of hydrogen-bond donors (Lipinski definition) is 1. The van der Waals surface area contributed by atoms with Gasteiger partial charge in [-0.25, -0.2) is 18.1 Å². The second-order valence-corrected chi connectivity index (χ2v) is 8.97. The van der Waals surface area contributed by atoms with Gasteiger partial charge in [0.1, 0.15) is 6.04 Å². The van der Waals surface area contributed by atoms with Crippen LogP contribution in [0.4, 0.5) is 4.79 Å². The number of rotatable bonds is 6. The van der Waals surface area contributed by atoms with Crippen LogP contribution in [-0.4, -0.2) is 73.4 Å². The van der Waals surface area contributed by atoms with Crippen LogP contribution in [0.25, 0.3) is 0 Å². The first-order valence-electron chi connectivity index (χ1n) is 9.24. The highest BCUT2D eigenvalue weighted by molar-refractivity contribution is 7.89. The van der Waals surface area contributed by atoms with Gasteiger partial charge in [-0.15, -0.1) is 0 Å². The Morgan fingerprint density at radius 3 is 2.30 bits per heavy atom. The number of carbonyl (C=O) groups excluding carboxylic acids is 2. The van der Waals surface area contributed by atoms with Gasteiger partial charge < -0.3 is 5.32 Å². The molecule has 1 aromatic rings. The smallest absolute Gasteiger partial charge is 0.325 e. The quantitative estimate of drug-likeness (QED) is 0.727. The number of hydrogen-bond acceptors (Lipinski definition) is 5. The average molecular weight is 394 g/mol. The molecule has 2 saturated heterocycles. The maximum absolute atomic E-state index is 12.7. The molecule has 27 heavy (non-hydrogen) atoms. The fourth-order valence-electron chi connectivity index (χ4n) is 3.37. The summed E-state index contributed by atoms with van der Waals surface area (Å²) >= 11 is 0. The lowest BCUT2D eigenvalue weighted by Gasteiger charge is -2.35. The second-order valence-electron chi connectivity index (χ2n) is 7.03. The zero-order valence-corrected chi connectivity index (χ0v) is 16.5. The van der Waals surface area contributed by atoms with Crippen LogP contribution < -0.4 is 5.32 Å². The minimum Gasteiger partial charge on any atom is -0.326 e. The van der Waals surface area contributed by atoms with Crippen molar-refractivity contribution in [2.75, 3.05) is 32.8 Å². The molecule has 9 heteroatoms. The first-order valence-corrected chi connectivity index (χ1v) is 10.7. The van der Waals surface area contributed by atoms with E-state index in [0.717, 1.165) is 12.0 Å². The Morgan fingerprint density at radius 2 is 1.70 bits per heavy atom. The summed E-state index contributed by atoms with van der Waals surface area (Å²) in [5.41, 5.74) is 1.01. The summed E-state index contributed by atoms with van der Waals surface area (Å²) in [5, 5.41) is 2.71. The van der Waals surface area contributed by atoms with Crippen LogP contribution in [-0.2, 0) is 14.8 Å². The molecule has 0 radical (unpaired) electrons. The molecule has 0 aliphatic carbocycles. The van der Waals surface area contributed by atoms with E-state index >= 15 is 0 Å². The van der Waals surface area contributed by atoms with Crippen molar-refractivity contribution >= 4 is 22.0 Å². The predicted octanol–water partition coefficient (Wildman–Crippen LogP) is 0.979. The average Bonchev–Trinajstić information content (AvgIpc) is 2.90. The molecule has 3 rings (SSSR count). The highest BCUT2D eigenvalue weighted by atomic mass is 32.2. The number of amides is 3. The number of urea groups is 1. The van der Waals surface area contributed by atoms with Crippen molar-refractivity contribution in [3.05, 3.63) is 29.8 Å². The van der Waals surface area contributed by atoms with E-state index in [9.17, 15) is 18.0 Å². The lowest BCUT2D eigenvalue weighted by Crippen LogP contribution is -2.52. The van der Waals surface area contributed by atoms with E-state index in [1.165, 1.54) is 9.21 Å². The second kappa shape index (κ2) is 7.95. The van der Waals surface area contributed by atoms with Gasteiger partial charge in [-0.3, -0.25) is 9.69 Å². The molecular formula is C18H26N4O4S. The highest BCUT2D eigenvalue weighted by Gasteiger charge is 2.39. The third kappa shape index (κ3) is 4.15. The van der Waals surface area contributed by atoms with Crippen LogP contribution >= 0.6 is 0 Å². The van der Waals surface area contributed by atoms with E-state index in [1.807, 2.05) is 18.7 Å². The Hall–Kier alpha value is -1.97. The summed E-state index contributed by atoms with van der Waals surface area (Å²) in [6, 6.07) is 6.01. The van der Waals surface area contributed by atoms with Crippen molar-refractivity contribution in [2.45, 2.75) is 37.6 Å². The first kappa shape index (κ1) is 19.8. The Morgan fingerprint density at radius 1 is 1.07 bits per heavy atom. The molecule has 0 unspecified atom stereocenters. The summed E-state index contributed by atoms with van der Waals surface area (Å²) in [5.74, 6) is -0.198. The van der Waals surface area contributed by atoms with Crippen LogP contribution in [0.5, 0.6) is 0 Å². The maximum Gasteiger partial charge on any atom is 0.325 e. The van der Waals surface area contributed by atoms with Crippen LogP contribution in [0.1, 0.15) is 25.3 Å². The topological polar surface area (TPSA) is 90.0 Å². The number of sulfonamides is 1. The SMILES string of the molecule is CCC[C@@H]1NC(=O)N(CN2CCN(S(=O)(=O)c3ccc(C)cc3)CC2)C1=O. The van der Waals surface area contributed by atoms with Gasteiger partial charge in [-0.05, 0) is 25.5 Å². The van der Waals surface area contributed by atoms with Crippen LogP contribution in [0.3, 0.4) is 0 Å². The third-order valence-corrected chi connectivity index (χ3v) is 6.93. The normalized spacial score (nSPS) is 22.3. The van der Waals surface area contributed by atoms with Crippen molar-refractivity contribution in [2.24, 2.45) is 0 Å². The summed E-state index contributed by atoms with van der Waals surface area (Å²) in [6.45, 7) is 5.69. The Kier molecular flexibility index (Phi) is 5.83. The zero-order chi connectivity index (χ0) is 19.6. The van der Waals surface area contributed by atoms with E-state index in [0.29, 0.717) is 32.6 Å². The third-order valence-electron chi connectivity index (χ3n) is 5.02. The van der Waals surface area contributed by atoms with Crippen molar-refractivity contribution in [1.29, 1.82) is 0 Å². The number of carbonyl (C=O) groups is 2. The molecule has 1 aromatic carbocycles. The first-order chi connectivity index (χ1) is 12.8. The number of imide groups is 1. The summed E-state index contributed by atoms with van der Waals surface area (Å²) < 4.78 is 27.0. The van der Waals surface area contributed by atoms with Gasteiger partial charge in [0.05, 0.1) is 11.6 Å². The van der Waals surface area contributed by atoms with E-state index < -0.39 is 16.1 Å². The van der Waals surface area contributed by atoms with Gasteiger partial charge in [0.25, 0.3) is 5.91 Å². The molecule has 2 heterocycles. The standard InChI is InChI=1S/C18H26N4O4S/c1-3-4-16-17(23)22(18(24)19-16)13-20-9-11-21(12-10-20)27(25,26)15-7-5-14(2)6-8-15/h5-8,16H,3-4,9-13H2,1-2H3,(H,19,24)/t16-/m0/s1. The summed E-state index contributed by atoms with van der Waals surface area (Å²) in [4.78, 5) is 27.8. The fourth-order valence-corrected chi connectivity index (χ4v) is 4.79. The lowest BCUT2D eigenvalue weighted by atomic mass is 10.2. The van der Waals surface area contributed by atoms with E-state index in [4.69, 9.17) is 0 Å². The molecule has 1 N–H and O–H groups in total. The Balaban J connectivity index is 1.58. The molecule has 8 nitrogen and oxygen atoms in total.